The molecule has 0 aromatic heterocycles. The highest BCUT2D eigenvalue weighted by molar-refractivity contribution is 6.74. The van der Waals surface area contributed by atoms with Crippen LogP contribution in [0.4, 0.5) is 0 Å². The molecule has 0 unspecified atom stereocenters. The van der Waals surface area contributed by atoms with Crippen molar-refractivity contribution in [1.29, 1.82) is 0 Å². The van der Waals surface area contributed by atoms with Gasteiger partial charge in [-0.15, -0.1) is 0 Å². The number of hydrogen-bond acceptors (Lipinski definition) is 8. The SMILES string of the molecule is C=C1C/C(C(=O)OC)=C(/C(=O)OC)[C@@H](CCC)C(=O)[C@H](OCc2ccc(OC)cc2)C[C@@H]1O[Si](C)(C)C(C)(C)C. The molecule has 0 radical (unpaired) electrons. The first-order valence-corrected chi connectivity index (χ1v) is 16.6. The maximum Gasteiger partial charge on any atom is 0.335 e. The van der Waals surface area contributed by atoms with Gasteiger partial charge in [-0.05, 0) is 47.8 Å². The Morgan fingerprint density at radius 2 is 1.60 bits per heavy atom. The van der Waals surface area contributed by atoms with Crippen molar-refractivity contribution < 1.29 is 37.8 Å². The van der Waals surface area contributed by atoms with E-state index in [4.69, 9.17) is 23.4 Å². The Bertz CT molecular complexity index is 1100. The van der Waals surface area contributed by atoms with Crippen molar-refractivity contribution in [3.8, 4) is 5.75 Å². The zero-order valence-corrected chi connectivity index (χ0v) is 26.6. The van der Waals surface area contributed by atoms with Gasteiger partial charge in [0.1, 0.15) is 11.9 Å². The van der Waals surface area contributed by atoms with Crippen LogP contribution in [0, 0.1) is 5.92 Å². The van der Waals surface area contributed by atoms with Crippen LogP contribution >= 0.6 is 0 Å². The van der Waals surface area contributed by atoms with Gasteiger partial charge in [0.15, 0.2) is 14.1 Å². The summed E-state index contributed by atoms with van der Waals surface area (Å²) in [7, 11) is 1.74. The number of hydrogen-bond donors (Lipinski definition) is 0. The molecule has 0 bridgehead atoms. The van der Waals surface area contributed by atoms with Crippen LogP contribution in [0.5, 0.6) is 5.75 Å². The summed E-state index contributed by atoms with van der Waals surface area (Å²) in [6.45, 7) is 17.0. The molecule has 0 heterocycles. The molecule has 0 fully saturated rings. The van der Waals surface area contributed by atoms with Gasteiger partial charge in [0.25, 0.3) is 0 Å². The van der Waals surface area contributed by atoms with Crippen molar-refractivity contribution in [2.75, 3.05) is 21.3 Å². The normalized spacial score (nSPS) is 22.7. The van der Waals surface area contributed by atoms with Crippen molar-refractivity contribution in [3.05, 3.63) is 53.1 Å². The molecule has 0 saturated carbocycles. The summed E-state index contributed by atoms with van der Waals surface area (Å²) in [4.78, 5) is 40.5. The quantitative estimate of drug-likeness (QED) is 0.192. The van der Waals surface area contributed by atoms with E-state index in [9.17, 15) is 14.4 Å². The Balaban J connectivity index is 2.67. The van der Waals surface area contributed by atoms with Crippen LogP contribution in [-0.2, 0) is 39.6 Å². The van der Waals surface area contributed by atoms with Crippen LogP contribution in [0.15, 0.2) is 47.6 Å². The molecule has 2 rings (SSSR count). The molecular weight excluding hydrogens is 528 g/mol. The van der Waals surface area contributed by atoms with Gasteiger partial charge in [0, 0.05) is 12.8 Å². The molecule has 0 amide bonds. The lowest BCUT2D eigenvalue weighted by molar-refractivity contribution is -0.143. The second-order valence-electron chi connectivity index (χ2n) is 11.7. The van der Waals surface area contributed by atoms with Crippen molar-refractivity contribution >= 4 is 26.0 Å². The fourth-order valence-electron chi connectivity index (χ4n) is 4.48. The van der Waals surface area contributed by atoms with Gasteiger partial charge >= 0.3 is 11.9 Å². The number of methoxy groups -OCH3 is 3. The molecule has 222 valence electrons. The van der Waals surface area contributed by atoms with E-state index in [1.54, 1.807) is 7.11 Å². The molecule has 1 aliphatic rings. The van der Waals surface area contributed by atoms with Gasteiger partial charge in [-0.25, -0.2) is 9.59 Å². The lowest BCUT2D eigenvalue weighted by Crippen LogP contribution is -2.46. The Hall–Kier alpha value is -2.75. The lowest BCUT2D eigenvalue weighted by Gasteiger charge is -2.40. The maximum absolute atomic E-state index is 14.3. The van der Waals surface area contributed by atoms with Crippen LogP contribution in [0.3, 0.4) is 0 Å². The summed E-state index contributed by atoms with van der Waals surface area (Å²) in [5.41, 5.74) is 1.52. The maximum atomic E-state index is 14.3. The highest BCUT2D eigenvalue weighted by Crippen LogP contribution is 2.41. The smallest absolute Gasteiger partial charge is 0.335 e. The lowest BCUT2D eigenvalue weighted by atomic mass is 9.84. The van der Waals surface area contributed by atoms with E-state index < -0.39 is 38.4 Å². The van der Waals surface area contributed by atoms with Gasteiger partial charge in [-0.2, -0.15) is 0 Å². The molecule has 0 spiro atoms. The molecular formula is C31H46O8Si. The fourth-order valence-corrected chi connectivity index (χ4v) is 5.81. The second-order valence-corrected chi connectivity index (χ2v) is 16.5. The highest BCUT2D eigenvalue weighted by atomic mass is 28.4. The number of Topliss-reactive ketones (excluding diaryl/α,β-unsaturated/α-hetero) is 1. The molecule has 9 heteroatoms. The minimum atomic E-state index is -2.34. The topological polar surface area (TPSA) is 97.4 Å². The zero-order chi connectivity index (χ0) is 30.3. The monoisotopic (exact) mass is 574 g/mol. The summed E-state index contributed by atoms with van der Waals surface area (Å²) in [5.74, 6) is -1.92. The van der Waals surface area contributed by atoms with Crippen LogP contribution < -0.4 is 4.74 Å². The van der Waals surface area contributed by atoms with Crippen molar-refractivity contribution in [2.24, 2.45) is 5.92 Å². The highest BCUT2D eigenvalue weighted by Gasteiger charge is 2.44. The summed E-state index contributed by atoms with van der Waals surface area (Å²) in [6, 6.07) is 7.41. The van der Waals surface area contributed by atoms with E-state index in [0.29, 0.717) is 24.2 Å². The van der Waals surface area contributed by atoms with Crippen LogP contribution in [0.2, 0.25) is 18.1 Å². The first-order chi connectivity index (χ1) is 18.7. The number of carbonyl (C=O) groups is 3. The van der Waals surface area contributed by atoms with Crippen molar-refractivity contribution in [3.63, 3.8) is 0 Å². The fraction of sp³-hybridized carbons (Fsp3) is 0.581. The minimum Gasteiger partial charge on any atom is -0.497 e. The van der Waals surface area contributed by atoms with E-state index in [0.717, 1.165) is 5.56 Å². The van der Waals surface area contributed by atoms with E-state index in [1.807, 2.05) is 31.2 Å². The molecule has 3 atom stereocenters. The predicted molar refractivity (Wildman–Crippen MR) is 156 cm³/mol. The average molecular weight is 575 g/mol. The molecule has 0 saturated heterocycles. The average Bonchev–Trinajstić information content (AvgIpc) is 2.95. The van der Waals surface area contributed by atoms with Crippen molar-refractivity contribution in [2.45, 2.75) is 90.3 Å². The third-order valence-electron chi connectivity index (χ3n) is 7.89. The van der Waals surface area contributed by atoms with Gasteiger partial charge < -0.3 is 23.4 Å². The Morgan fingerprint density at radius 3 is 2.10 bits per heavy atom. The molecule has 1 aromatic carbocycles. The molecule has 8 nitrogen and oxygen atoms in total. The van der Waals surface area contributed by atoms with E-state index in [1.165, 1.54) is 14.2 Å². The number of esters is 2. The summed E-state index contributed by atoms with van der Waals surface area (Å²) < 4.78 is 28.5. The predicted octanol–water partition coefficient (Wildman–Crippen LogP) is 5.95. The molecule has 40 heavy (non-hydrogen) atoms. The number of rotatable bonds is 10. The first-order valence-electron chi connectivity index (χ1n) is 13.7. The number of ketones is 1. The Labute approximate surface area is 240 Å². The van der Waals surface area contributed by atoms with Crippen LogP contribution in [0.25, 0.3) is 0 Å². The molecule has 0 N–H and O–H groups in total. The third-order valence-corrected chi connectivity index (χ3v) is 12.4. The molecule has 0 aliphatic heterocycles. The van der Waals surface area contributed by atoms with E-state index in [-0.39, 0.29) is 41.4 Å². The summed E-state index contributed by atoms with van der Waals surface area (Å²) in [6.07, 6.45) is -0.321. The summed E-state index contributed by atoms with van der Waals surface area (Å²) >= 11 is 0. The van der Waals surface area contributed by atoms with E-state index in [2.05, 4.69) is 40.4 Å². The Morgan fingerprint density at radius 1 is 1.00 bits per heavy atom. The van der Waals surface area contributed by atoms with E-state index >= 15 is 0 Å². The van der Waals surface area contributed by atoms with Crippen LogP contribution in [0.1, 0.15) is 58.9 Å². The van der Waals surface area contributed by atoms with Crippen molar-refractivity contribution in [1.82, 2.24) is 0 Å². The second kappa shape index (κ2) is 14.2. The van der Waals surface area contributed by atoms with Gasteiger partial charge in [-0.3, -0.25) is 4.79 Å². The zero-order valence-electron chi connectivity index (χ0n) is 25.6. The Kier molecular flexibility index (Phi) is 11.9. The third kappa shape index (κ3) is 8.14. The largest absolute Gasteiger partial charge is 0.497 e. The van der Waals surface area contributed by atoms with Gasteiger partial charge in [0.05, 0.1) is 51.1 Å². The number of benzene rings is 1. The summed E-state index contributed by atoms with van der Waals surface area (Å²) in [5, 5.41) is -0.113. The van der Waals surface area contributed by atoms with Gasteiger partial charge in [-0.1, -0.05) is 52.8 Å². The van der Waals surface area contributed by atoms with Gasteiger partial charge in [0.2, 0.25) is 0 Å². The first kappa shape index (κ1) is 33.5. The standard InChI is InChI=1S/C31H46O8Si/c1-11-12-23-27(30(34)37-8)24(29(33)36-7)17-20(2)25(39-40(9,10)31(3,4)5)18-26(28(23)32)38-19-21-13-15-22(35-6)16-14-21/h13-16,23,25-26H,2,11-12,17-19H2,1,3-10H3/b27-24-/t23-,25+,26-/m1/s1. The number of carbonyl (C=O) groups excluding carboxylic acids is 3. The molecule has 1 aliphatic carbocycles. The number of ether oxygens (including phenoxy) is 4. The van der Waals surface area contributed by atoms with Crippen LogP contribution in [-0.4, -0.2) is 59.6 Å². The minimum absolute atomic E-state index is 0.00775. The molecule has 1 aromatic rings.